The van der Waals surface area contributed by atoms with Crippen LogP contribution >= 0.6 is 0 Å². The van der Waals surface area contributed by atoms with Crippen molar-refractivity contribution >= 4 is 11.9 Å². The second kappa shape index (κ2) is 31.4. The minimum Gasteiger partial charge on any atom is -0.462 e. The summed E-state index contributed by atoms with van der Waals surface area (Å²) in [7, 11) is 0. The molecule has 288 valence electrons. The minimum absolute atomic E-state index is 0.203. The lowest BCUT2D eigenvalue weighted by molar-refractivity contribution is -0.305. The van der Waals surface area contributed by atoms with Crippen molar-refractivity contribution in [2.45, 2.75) is 173 Å². The largest absolute Gasteiger partial charge is 0.462 e. The predicted molar refractivity (Wildman–Crippen MR) is 196 cm³/mol. The summed E-state index contributed by atoms with van der Waals surface area (Å²) < 4.78 is 22.0. The second-order valence-corrected chi connectivity index (χ2v) is 13.1. The van der Waals surface area contributed by atoms with Gasteiger partial charge >= 0.3 is 11.9 Å². The van der Waals surface area contributed by atoms with Gasteiger partial charge in [-0.05, 0) is 57.8 Å². The van der Waals surface area contributed by atoms with E-state index >= 15 is 0 Å². The topological polar surface area (TPSA) is 152 Å². The van der Waals surface area contributed by atoms with Crippen LogP contribution in [0, 0.1) is 0 Å². The third-order valence-electron chi connectivity index (χ3n) is 8.51. The van der Waals surface area contributed by atoms with E-state index in [9.17, 15) is 30.0 Å². The predicted octanol–water partition coefficient (Wildman–Crippen LogP) is 6.93. The number of hydrogen-bond acceptors (Lipinski definition) is 10. The molecule has 50 heavy (non-hydrogen) atoms. The summed E-state index contributed by atoms with van der Waals surface area (Å²) >= 11 is 0. The molecule has 0 aliphatic carbocycles. The fourth-order valence-electron chi connectivity index (χ4n) is 5.42. The fraction of sp³-hybridized carbons (Fsp3) is 0.750. The number of unbranched alkanes of at least 4 members (excludes halogenated alkanes) is 13. The van der Waals surface area contributed by atoms with E-state index in [0.29, 0.717) is 12.8 Å². The highest BCUT2D eigenvalue weighted by molar-refractivity contribution is 5.70. The number of aliphatic hydroxyl groups excluding tert-OH is 4. The van der Waals surface area contributed by atoms with Gasteiger partial charge in [-0.3, -0.25) is 9.59 Å². The number of rotatable bonds is 30. The molecule has 0 spiro atoms. The molecule has 1 heterocycles. The molecule has 6 atom stereocenters. The normalized spacial score (nSPS) is 21.9. The van der Waals surface area contributed by atoms with Crippen LogP contribution in [0.3, 0.4) is 0 Å². The molecule has 1 aliphatic heterocycles. The summed E-state index contributed by atoms with van der Waals surface area (Å²) in [4.78, 5) is 25.1. The molecule has 0 aromatic carbocycles. The van der Waals surface area contributed by atoms with Crippen molar-refractivity contribution in [3.63, 3.8) is 0 Å². The Kier molecular flexibility index (Phi) is 28.7. The van der Waals surface area contributed by atoms with Crippen molar-refractivity contribution in [2.24, 2.45) is 0 Å². The molecule has 0 saturated carbocycles. The number of carbonyl (C=O) groups excluding carboxylic acids is 2. The van der Waals surface area contributed by atoms with E-state index in [1.165, 1.54) is 19.3 Å². The SMILES string of the molecule is CC/C=C/C=C/C=C/CCCCCCCC(=O)OC(COC(=O)CCCCCCC/C=C/CCCCC)CO[C@H]1O[C@@H](CO)[C@@H](O)C(O)C1O. The number of carbonyl (C=O) groups is 2. The maximum absolute atomic E-state index is 12.7. The molecule has 1 saturated heterocycles. The second-order valence-electron chi connectivity index (χ2n) is 13.1. The molecule has 0 bridgehead atoms. The zero-order chi connectivity index (χ0) is 36.7. The Bertz CT molecular complexity index is 960. The molecule has 10 nitrogen and oxygen atoms in total. The van der Waals surface area contributed by atoms with E-state index in [-0.39, 0.29) is 26.1 Å². The average molecular weight is 709 g/mol. The lowest BCUT2D eigenvalue weighted by atomic mass is 9.99. The van der Waals surface area contributed by atoms with Crippen LogP contribution in [0.1, 0.15) is 136 Å². The first-order valence-electron chi connectivity index (χ1n) is 19.2. The summed E-state index contributed by atoms with van der Waals surface area (Å²) in [5.41, 5.74) is 0. The molecular weight excluding hydrogens is 640 g/mol. The van der Waals surface area contributed by atoms with Crippen molar-refractivity contribution < 1.29 is 49.0 Å². The Morgan fingerprint density at radius 3 is 1.82 bits per heavy atom. The van der Waals surface area contributed by atoms with Crippen molar-refractivity contribution in [1.82, 2.24) is 0 Å². The van der Waals surface area contributed by atoms with Gasteiger partial charge in [-0.25, -0.2) is 0 Å². The maximum Gasteiger partial charge on any atom is 0.306 e. The van der Waals surface area contributed by atoms with Crippen molar-refractivity contribution in [1.29, 1.82) is 0 Å². The molecule has 3 unspecified atom stereocenters. The fourth-order valence-corrected chi connectivity index (χ4v) is 5.42. The molecule has 1 rings (SSSR count). The monoisotopic (exact) mass is 708 g/mol. The van der Waals surface area contributed by atoms with Crippen LogP contribution in [0.5, 0.6) is 0 Å². The molecule has 1 fully saturated rings. The summed E-state index contributed by atoms with van der Waals surface area (Å²) in [6, 6.07) is 0. The van der Waals surface area contributed by atoms with E-state index in [2.05, 4.69) is 44.2 Å². The lowest BCUT2D eigenvalue weighted by Gasteiger charge is -2.39. The van der Waals surface area contributed by atoms with E-state index in [1.54, 1.807) is 0 Å². The van der Waals surface area contributed by atoms with Crippen molar-refractivity contribution in [3.8, 4) is 0 Å². The zero-order valence-corrected chi connectivity index (χ0v) is 30.9. The van der Waals surface area contributed by atoms with Gasteiger partial charge in [0.15, 0.2) is 12.4 Å². The Hall–Kier alpha value is -2.34. The van der Waals surface area contributed by atoms with Gasteiger partial charge in [0, 0.05) is 12.8 Å². The number of allylic oxidation sites excluding steroid dienone is 8. The molecule has 0 aromatic heterocycles. The molecule has 0 radical (unpaired) electrons. The lowest BCUT2D eigenvalue weighted by Crippen LogP contribution is -2.59. The number of aliphatic hydroxyl groups is 4. The Labute approximate surface area is 301 Å². The third-order valence-corrected chi connectivity index (χ3v) is 8.51. The Balaban J connectivity index is 2.43. The van der Waals surface area contributed by atoms with Crippen molar-refractivity contribution in [3.05, 3.63) is 48.6 Å². The number of hydrogen-bond donors (Lipinski definition) is 4. The summed E-state index contributed by atoms with van der Waals surface area (Å²) in [6.07, 6.45) is 26.9. The van der Waals surface area contributed by atoms with Crippen LogP contribution in [0.15, 0.2) is 48.6 Å². The van der Waals surface area contributed by atoms with E-state index in [0.717, 1.165) is 77.0 Å². The molecule has 0 aromatic rings. The van der Waals surface area contributed by atoms with Gasteiger partial charge in [-0.1, -0.05) is 114 Å². The molecular formula is C40H68O10. The Morgan fingerprint density at radius 1 is 0.640 bits per heavy atom. The molecule has 0 amide bonds. The van der Waals surface area contributed by atoms with Gasteiger partial charge < -0.3 is 39.4 Å². The van der Waals surface area contributed by atoms with Gasteiger partial charge in [-0.15, -0.1) is 0 Å². The Morgan fingerprint density at radius 2 is 1.20 bits per heavy atom. The zero-order valence-electron chi connectivity index (χ0n) is 30.9. The first kappa shape index (κ1) is 45.7. The van der Waals surface area contributed by atoms with Gasteiger partial charge in [0.1, 0.15) is 31.0 Å². The van der Waals surface area contributed by atoms with E-state index in [4.69, 9.17) is 18.9 Å². The van der Waals surface area contributed by atoms with Crippen LogP contribution in [-0.2, 0) is 28.5 Å². The van der Waals surface area contributed by atoms with Crippen LogP contribution < -0.4 is 0 Å². The van der Waals surface area contributed by atoms with Gasteiger partial charge in [-0.2, -0.15) is 0 Å². The van der Waals surface area contributed by atoms with Crippen LogP contribution in [0.4, 0.5) is 0 Å². The first-order chi connectivity index (χ1) is 24.3. The number of ether oxygens (including phenoxy) is 4. The smallest absolute Gasteiger partial charge is 0.306 e. The first-order valence-corrected chi connectivity index (χ1v) is 19.2. The average Bonchev–Trinajstić information content (AvgIpc) is 3.11. The third kappa shape index (κ3) is 23.2. The highest BCUT2D eigenvalue weighted by atomic mass is 16.7. The van der Waals surface area contributed by atoms with Crippen LogP contribution in [0.25, 0.3) is 0 Å². The van der Waals surface area contributed by atoms with Gasteiger partial charge in [0.25, 0.3) is 0 Å². The highest BCUT2D eigenvalue weighted by Gasteiger charge is 2.44. The quantitative estimate of drug-likeness (QED) is 0.0267. The van der Waals surface area contributed by atoms with Gasteiger partial charge in [0.05, 0.1) is 13.2 Å². The van der Waals surface area contributed by atoms with E-state index in [1.807, 2.05) is 18.2 Å². The van der Waals surface area contributed by atoms with E-state index < -0.39 is 55.4 Å². The van der Waals surface area contributed by atoms with Crippen molar-refractivity contribution in [2.75, 3.05) is 19.8 Å². The molecule has 10 heteroatoms. The molecule has 4 N–H and O–H groups in total. The maximum atomic E-state index is 12.7. The van der Waals surface area contributed by atoms with Gasteiger partial charge in [0.2, 0.25) is 0 Å². The number of esters is 2. The summed E-state index contributed by atoms with van der Waals surface area (Å²) in [5.74, 6) is -0.848. The minimum atomic E-state index is -1.60. The highest BCUT2D eigenvalue weighted by Crippen LogP contribution is 2.22. The molecule has 1 aliphatic rings. The summed E-state index contributed by atoms with van der Waals surface area (Å²) in [6.45, 7) is 3.20. The van der Waals surface area contributed by atoms with Crippen LogP contribution in [-0.4, -0.2) is 89.0 Å². The standard InChI is InChI=1S/C40H68O10/c1-3-5-7-9-11-13-15-17-19-21-23-25-27-29-36(43)49-33(32-48-40-39(46)38(45)37(44)34(30-41)50-40)31-47-35(42)28-26-24-22-20-18-16-14-12-10-8-6-4-2/h5,7,9,11-15,33-34,37-41,44-46H,3-4,6,8,10,16-32H2,1-2H3/b7-5+,11-9+,14-12+,15-13+/t33?,34-,37+,38?,39?,40-/m0/s1. The van der Waals surface area contributed by atoms with Crippen LogP contribution in [0.2, 0.25) is 0 Å². The summed E-state index contributed by atoms with van der Waals surface area (Å²) in [5, 5.41) is 39.9.